The molecule has 4 aliphatic rings. The van der Waals surface area contributed by atoms with E-state index in [-0.39, 0.29) is 42.2 Å². The van der Waals surface area contributed by atoms with Crippen LogP contribution in [0.4, 0.5) is 0 Å². The Kier molecular flexibility index (Phi) is 11.1. The third-order valence-corrected chi connectivity index (χ3v) is 11.2. The van der Waals surface area contributed by atoms with Gasteiger partial charge in [-0.15, -0.1) is 24.9 Å². The molecule has 4 heterocycles. The van der Waals surface area contributed by atoms with E-state index in [1.165, 1.54) is 0 Å². The van der Waals surface area contributed by atoms with Crippen LogP contribution in [0.15, 0.2) is 25.3 Å². The predicted octanol–water partition coefficient (Wildman–Crippen LogP) is 2.34. The molecule has 0 radical (unpaired) electrons. The standard InChI is InChI=1S/C30H47N3O6S/c1-4-6-18-39-29(37)24-23-21-22(3)30(40-23)25(24)27(35)33(12-9-7-8-10-17-34)26(30)28(36)32(11-5-2)14-13-31-15-19-38-20-16-31/h4-5,22-26,34H,1-2,6-21H2,3H3/t22?,23-,24+,25+,26?,30?/m1/s1. The molecule has 0 aromatic rings. The molecule has 2 bridgehead atoms. The smallest absolute Gasteiger partial charge is 0.310 e. The topological polar surface area (TPSA) is 99.6 Å². The van der Waals surface area contributed by atoms with E-state index in [2.05, 4.69) is 25.0 Å². The Labute approximate surface area is 243 Å². The zero-order valence-electron chi connectivity index (χ0n) is 24.0. The normalized spacial score (nSPS) is 31.3. The minimum absolute atomic E-state index is 0.0246. The lowest BCUT2D eigenvalue weighted by atomic mass is 9.66. The van der Waals surface area contributed by atoms with Crippen molar-refractivity contribution < 1.29 is 29.0 Å². The number of morpholine rings is 1. The van der Waals surface area contributed by atoms with E-state index in [1.54, 1.807) is 28.8 Å². The lowest BCUT2D eigenvalue weighted by Gasteiger charge is -2.41. The van der Waals surface area contributed by atoms with Crippen molar-refractivity contribution in [2.45, 2.75) is 61.5 Å². The van der Waals surface area contributed by atoms with Crippen molar-refractivity contribution in [3.05, 3.63) is 25.3 Å². The number of thioether (sulfide) groups is 1. The molecule has 1 N–H and O–H groups in total. The number of hydrogen-bond acceptors (Lipinski definition) is 8. The molecule has 0 aromatic carbocycles. The number of nitrogens with zero attached hydrogens (tertiary/aromatic N) is 3. The van der Waals surface area contributed by atoms with Gasteiger partial charge in [-0.1, -0.05) is 31.9 Å². The van der Waals surface area contributed by atoms with Gasteiger partial charge in [0.2, 0.25) is 11.8 Å². The summed E-state index contributed by atoms with van der Waals surface area (Å²) in [7, 11) is 0. The van der Waals surface area contributed by atoms with Crippen molar-refractivity contribution >= 4 is 29.5 Å². The van der Waals surface area contributed by atoms with Crippen LogP contribution in [0, 0.1) is 17.8 Å². The fourth-order valence-corrected chi connectivity index (χ4v) is 9.51. The molecule has 0 aliphatic carbocycles. The van der Waals surface area contributed by atoms with Crippen molar-refractivity contribution in [1.29, 1.82) is 0 Å². The zero-order valence-corrected chi connectivity index (χ0v) is 24.8. The van der Waals surface area contributed by atoms with Gasteiger partial charge in [0.05, 0.1) is 36.4 Å². The summed E-state index contributed by atoms with van der Waals surface area (Å²) in [4.78, 5) is 48.0. The SMILES string of the molecule is C=CCCOC(=O)[C@@H]1[C@H]2C(=O)N(CCCCCCO)C(C(=O)N(CC=C)CCN3CCOCC3)C23S[C@@H]1CC3C. The number of likely N-dealkylation sites (tertiary alicyclic amines) is 1. The lowest BCUT2D eigenvalue weighted by molar-refractivity contribution is -0.154. The lowest BCUT2D eigenvalue weighted by Crippen LogP contribution is -2.58. The second-order valence-corrected chi connectivity index (χ2v) is 13.0. The Bertz CT molecular complexity index is 927. The predicted molar refractivity (Wildman–Crippen MR) is 156 cm³/mol. The van der Waals surface area contributed by atoms with E-state index >= 15 is 0 Å². The van der Waals surface area contributed by atoms with Crippen LogP contribution >= 0.6 is 11.8 Å². The first-order chi connectivity index (χ1) is 19.4. The van der Waals surface area contributed by atoms with Crippen LogP contribution in [-0.4, -0.2) is 119 Å². The van der Waals surface area contributed by atoms with E-state index in [0.717, 1.165) is 51.7 Å². The number of aliphatic hydroxyl groups excluding tert-OH is 1. The summed E-state index contributed by atoms with van der Waals surface area (Å²) in [5.74, 6) is -1.42. The highest BCUT2D eigenvalue weighted by Gasteiger charge is 2.76. The summed E-state index contributed by atoms with van der Waals surface area (Å²) in [5, 5.41) is 9.15. The molecule has 224 valence electrons. The van der Waals surface area contributed by atoms with Crippen LogP contribution in [0.3, 0.4) is 0 Å². The molecule has 4 rings (SSSR count). The monoisotopic (exact) mass is 577 g/mol. The van der Waals surface area contributed by atoms with E-state index in [0.29, 0.717) is 39.3 Å². The maximum absolute atomic E-state index is 14.5. The highest BCUT2D eigenvalue weighted by molar-refractivity contribution is 8.02. The quantitative estimate of drug-likeness (QED) is 0.170. The van der Waals surface area contributed by atoms with E-state index < -0.39 is 22.6 Å². The highest BCUT2D eigenvalue weighted by Crippen LogP contribution is 2.68. The number of carbonyl (C=O) groups is 3. The van der Waals surface area contributed by atoms with Gasteiger partial charge in [0.1, 0.15) is 6.04 Å². The number of amides is 2. The Balaban J connectivity index is 1.60. The molecule has 4 saturated heterocycles. The second-order valence-electron chi connectivity index (χ2n) is 11.5. The van der Waals surface area contributed by atoms with Crippen molar-refractivity contribution in [3.63, 3.8) is 0 Å². The average Bonchev–Trinajstić information content (AvgIpc) is 3.55. The number of ether oxygens (including phenoxy) is 2. The van der Waals surface area contributed by atoms with Crippen LogP contribution in [-0.2, 0) is 23.9 Å². The molecule has 4 aliphatic heterocycles. The molecule has 2 amide bonds. The molecule has 6 atom stereocenters. The molecular weight excluding hydrogens is 530 g/mol. The molecule has 3 unspecified atom stereocenters. The fourth-order valence-electron chi connectivity index (χ4n) is 7.10. The van der Waals surface area contributed by atoms with Crippen molar-refractivity contribution in [1.82, 2.24) is 14.7 Å². The summed E-state index contributed by atoms with van der Waals surface area (Å²) in [6, 6.07) is -0.622. The van der Waals surface area contributed by atoms with Crippen molar-refractivity contribution in [2.24, 2.45) is 17.8 Å². The largest absolute Gasteiger partial charge is 0.465 e. The number of aliphatic hydroxyl groups is 1. The number of esters is 1. The van der Waals surface area contributed by atoms with Gasteiger partial charge in [-0.05, 0) is 31.6 Å². The zero-order chi connectivity index (χ0) is 28.7. The van der Waals surface area contributed by atoms with Crippen LogP contribution in [0.5, 0.6) is 0 Å². The van der Waals surface area contributed by atoms with Crippen LogP contribution in [0.1, 0.15) is 45.4 Å². The molecule has 0 saturated carbocycles. The van der Waals surface area contributed by atoms with Gasteiger partial charge in [-0.3, -0.25) is 19.3 Å². The van der Waals surface area contributed by atoms with E-state index in [4.69, 9.17) is 9.47 Å². The first-order valence-electron chi connectivity index (χ1n) is 15.0. The Morgan fingerprint density at radius 3 is 2.62 bits per heavy atom. The summed E-state index contributed by atoms with van der Waals surface area (Å²) in [6.07, 6.45) is 8.05. The molecule has 4 fully saturated rings. The molecule has 0 aromatic heterocycles. The number of rotatable bonds is 16. The molecule has 10 heteroatoms. The Morgan fingerprint density at radius 1 is 1.18 bits per heavy atom. The van der Waals surface area contributed by atoms with Crippen molar-refractivity contribution in [2.75, 3.05) is 65.7 Å². The van der Waals surface area contributed by atoms with E-state index in [1.807, 2.05) is 4.90 Å². The third kappa shape index (κ3) is 6.15. The third-order valence-electron chi connectivity index (χ3n) is 9.08. The van der Waals surface area contributed by atoms with Crippen molar-refractivity contribution in [3.8, 4) is 0 Å². The minimum atomic E-state index is -0.648. The molecule has 1 spiro atoms. The highest BCUT2D eigenvalue weighted by atomic mass is 32.2. The first kappa shape index (κ1) is 31.1. The summed E-state index contributed by atoms with van der Waals surface area (Å²) in [6.45, 7) is 15.4. The van der Waals surface area contributed by atoms with Gasteiger partial charge in [-0.25, -0.2) is 0 Å². The van der Waals surface area contributed by atoms with Gasteiger partial charge >= 0.3 is 5.97 Å². The van der Waals surface area contributed by atoms with Gasteiger partial charge in [0.15, 0.2) is 0 Å². The van der Waals surface area contributed by atoms with Crippen LogP contribution in [0.2, 0.25) is 0 Å². The van der Waals surface area contributed by atoms with Gasteiger partial charge in [0, 0.05) is 51.1 Å². The van der Waals surface area contributed by atoms with Gasteiger partial charge in [0.25, 0.3) is 0 Å². The van der Waals surface area contributed by atoms with E-state index in [9.17, 15) is 19.5 Å². The minimum Gasteiger partial charge on any atom is -0.465 e. The number of unbranched alkanes of at least 4 members (excludes halogenated alkanes) is 3. The molecule has 9 nitrogen and oxygen atoms in total. The number of carbonyl (C=O) groups excluding carboxylic acids is 3. The summed E-state index contributed by atoms with van der Waals surface area (Å²) in [5.41, 5.74) is 0. The average molecular weight is 578 g/mol. The molecular formula is C30H47N3O6S. The summed E-state index contributed by atoms with van der Waals surface area (Å²) >= 11 is 1.69. The Morgan fingerprint density at radius 2 is 1.93 bits per heavy atom. The van der Waals surface area contributed by atoms with Gasteiger partial charge < -0.3 is 24.4 Å². The molecule has 40 heavy (non-hydrogen) atoms. The number of fused-ring (bicyclic) bond motifs is 1. The second kappa shape index (κ2) is 14.3. The Hall–Kier alpha value is -1.88. The number of hydrogen-bond donors (Lipinski definition) is 1. The fraction of sp³-hybridized carbons (Fsp3) is 0.767. The summed E-state index contributed by atoms with van der Waals surface area (Å²) < 4.78 is 10.4. The van der Waals surface area contributed by atoms with Crippen LogP contribution in [0.25, 0.3) is 0 Å². The van der Waals surface area contributed by atoms with Gasteiger partial charge in [-0.2, -0.15) is 0 Å². The first-order valence-corrected chi connectivity index (χ1v) is 15.8. The maximum Gasteiger partial charge on any atom is 0.310 e. The maximum atomic E-state index is 14.5. The van der Waals surface area contributed by atoms with Crippen LogP contribution < -0.4 is 0 Å².